The normalized spacial score (nSPS) is 17.6. The van der Waals surface area contributed by atoms with Crippen LogP contribution in [-0.4, -0.2) is 88.3 Å². The predicted octanol–water partition coefficient (Wildman–Crippen LogP) is 0.526. The number of urea groups is 1. The van der Waals surface area contributed by atoms with Gasteiger partial charge in [-0.25, -0.2) is 19.7 Å². The number of hydrogen-bond donors (Lipinski definition) is 4. The molecular formula is C20H22F3N7O5. The van der Waals surface area contributed by atoms with Crippen molar-refractivity contribution in [3.05, 3.63) is 30.2 Å². The first kappa shape index (κ1) is 24.4. The van der Waals surface area contributed by atoms with Crippen molar-refractivity contribution in [3.63, 3.8) is 0 Å². The first-order chi connectivity index (χ1) is 16.6. The van der Waals surface area contributed by atoms with Crippen molar-refractivity contribution in [3.8, 4) is 5.88 Å². The Balaban J connectivity index is 1.50. The van der Waals surface area contributed by atoms with Gasteiger partial charge in [0.15, 0.2) is 11.6 Å². The van der Waals surface area contributed by atoms with Gasteiger partial charge in [0.25, 0.3) is 5.91 Å². The van der Waals surface area contributed by atoms with Crippen molar-refractivity contribution >= 4 is 29.3 Å². The molecule has 3 amide bonds. The zero-order chi connectivity index (χ0) is 25.2. The summed E-state index contributed by atoms with van der Waals surface area (Å²) in [5, 5.41) is 22.5. The predicted molar refractivity (Wildman–Crippen MR) is 115 cm³/mol. The van der Waals surface area contributed by atoms with E-state index in [2.05, 4.69) is 20.3 Å². The number of fused-ring (bicyclic) bond motifs is 4. The number of anilines is 3. The molecule has 2 bridgehead atoms. The molecule has 4 heterocycles. The number of nitrogens with zero attached hydrogens (tertiary/aromatic N) is 5. The number of carbonyl (C=O) groups excluding carboxylic acids is 2. The Bertz CT molecular complexity index is 1090. The van der Waals surface area contributed by atoms with Gasteiger partial charge in [-0.15, -0.1) is 0 Å². The summed E-state index contributed by atoms with van der Waals surface area (Å²) in [5.74, 6) is -0.694. The molecule has 0 aliphatic carbocycles. The Labute approximate surface area is 196 Å². The summed E-state index contributed by atoms with van der Waals surface area (Å²) in [6.07, 6.45) is -2.55. The van der Waals surface area contributed by atoms with Gasteiger partial charge in [-0.3, -0.25) is 15.0 Å². The molecular weight excluding hydrogens is 475 g/mol. The zero-order valence-corrected chi connectivity index (χ0v) is 18.2. The van der Waals surface area contributed by atoms with Gasteiger partial charge in [0.05, 0.1) is 30.7 Å². The molecule has 12 nitrogen and oxygen atoms in total. The van der Waals surface area contributed by atoms with Crippen LogP contribution >= 0.6 is 0 Å². The molecule has 1 fully saturated rings. The van der Waals surface area contributed by atoms with Gasteiger partial charge in [-0.2, -0.15) is 13.2 Å². The molecule has 2 aliphatic heterocycles. The summed E-state index contributed by atoms with van der Waals surface area (Å²) in [5.41, 5.74) is 0.332. The van der Waals surface area contributed by atoms with E-state index in [1.165, 1.54) is 23.4 Å². The van der Waals surface area contributed by atoms with Crippen LogP contribution in [0.1, 0.15) is 16.9 Å². The van der Waals surface area contributed by atoms with Crippen LogP contribution in [0.25, 0.3) is 0 Å². The van der Waals surface area contributed by atoms with Crippen LogP contribution in [0.2, 0.25) is 0 Å². The topological polar surface area (TPSA) is 153 Å². The van der Waals surface area contributed by atoms with Crippen LogP contribution in [0.3, 0.4) is 0 Å². The molecule has 188 valence electrons. The molecule has 2 aromatic rings. The first-order valence-electron chi connectivity index (χ1n) is 10.6. The molecule has 15 heteroatoms. The number of pyridine rings is 1. The number of nitrogens with one attached hydrogen (secondary N) is 2. The van der Waals surface area contributed by atoms with Crippen LogP contribution in [0.15, 0.2) is 24.5 Å². The SMILES string of the molecule is O=C(NCC(F)(F)F)c1ccc2c(n1)N(C(=O)Nc1cnc(OC[C@H](O)CO)cn1)C1CCN2C1. The number of amides is 3. The molecule has 4 N–H and O–H groups in total. The summed E-state index contributed by atoms with van der Waals surface area (Å²) in [4.78, 5) is 40.9. The quantitative estimate of drug-likeness (QED) is 0.429. The molecule has 2 atom stereocenters. The number of rotatable bonds is 7. The van der Waals surface area contributed by atoms with Crippen molar-refractivity contribution in [2.45, 2.75) is 24.7 Å². The zero-order valence-electron chi connectivity index (χ0n) is 18.2. The van der Waals surface area contributed by atoms with Crippen molar-refractivity contribution in [2.24, 2.45) is 0 Å². The Hall–Kier alpha value is -3.72. The number of hydrogen-bond acceptors (Lipinski definition) is 9. The number of halogens is 3. The van der Waals surface area contributed by atoms with Crippen LogP contribution in [0.4, 0.5) is 35.3 Å². The molecule has 1 unspecified atom stereocenters. The second-order valence-corrected chi connectivity index (χ2v) is 7.91. The standard InChI is InChI=1S/C20H22F3N7O5/c21-20(22,23)10-26-18(33)13-1-2-14-17(27-13)30(11-3-4-29(14)7-11)19(34)28-15-5-25-16(6-24-15)35-9-12(32)8-31/h1-2,5-6,11-12,31-32H,3-4,7-10H2,(H,26,33)(H,24,28,34)/t11?,12-/m1/s1. The lowest BCUT2D eigenvalue weighted by Crippen LogP contribution is -2.48. The van der Waals surface area contributed by atoms with Crippen molar-refractivity contribution < 1.29 is 37.7 Å². The largest absolute Gasteiger partial charge is 0.474 e. The van der Waals surface area contributed by atoms with Crippen molar-refractivity contribution in [1.29, 1.82) is 0 Å². The second-order valence-electron chi connectivity index (χ2n) is 7.91. The third kappa shape index (κ3) is 5.68. The van der Waals surface area contributed by atoms with E-state index in [0.717, 1.165) is 0 Å². The number of aliphatic hydroxyl groups excluding tert-OH is 2. The maximum Gasteiger partial charge on any atom is 0.405 e. The third-order valence-electron chi connectivity index (χ3n) is 5.35. The summed E-state index contributed by atoms with van der Waals surface area (Å²) in [6.45, 7) is -0.982. The van der Waals surface area contributed by atoms with E-state index in [9.17, 15) is 27.9 Å². The average molecular weight is 497 g/mol. The van der Waals surface area contributed by atoms with Gasteiger partial charge < -0.3 is 25.2 Å². The minimum atomic E-state index is -4.57. The fraction of sp³-hybridized carbons (Fsp3) is 0.450. The fourth-order valence-electron chi connectivity index (χ4n) is 3.73. The lowest BCUT2D eigenvalue weighted by Gasteiger charge is -2.35. The van der Waals surface area contributed by atoms with E-state index in [4.69, 9.17) is 9.84 Å². The summed E-state index contributed by atoms with van der Waals surface area (Å²) >= 11 is 0. The smallest absolute Gasteiger partial charge is 0.405 e. The van der Waals surface area contributed by atoms with Gasteiger partial charge in [-0.1, -0.05) is 0 Å². The third-order valence-corrected chi connectivity index (χ3v) is 5.35. The molecule has 1 saturated heterocycles. The molecule has 0 radical (unpaired) electrons. The highest BCUT2D eigenvalue weighted by atomic mass is 19.4. The molecule has 35 heavy (non-hydrogen) atoms. The molecule has 0 saturated carbocycles. The highest BCUT2D eigenvalue weighted by Gasteiger charge is 2.40. The molecule has 0 aromatic carbocycles. The van der Waals surface area contributed by atoms with Crippen LogP contribution in [0.5, 0.6) is 5.88 Å². The minimum absolute atomic E-state index is 0.0708. The Morgan fingerprint density at radius 2 is 2.06 bits per heavy atom. The lowest BCUT2D eigenvalue weighted by molar-refractivity contribution is -0.123. The highest BCUT2D eigenvalue weighted by Crippen LogP contribution is 2.39. The van der Waals surface area contributed by atoms with E-state index in [1.807, 2.05) is 4.90 Å². The maximum atomic E-state index is 13.1. The maximum absolute atomic E-state index is 13.1. The van der Waals surface area contributed by atoms with E-state index < -0.39 is 37.4 Å². The average Bonchev–Trinajstić information content (AvgIpc) is 3.25. The van der Waals surface area contributed by atoms with E-state index >= 15 is 0 Å². The van der Waals surface area contributed by atoms with Crippen molar-refractivity contribution in [2.75, 3.05) is 48.0 Å². The minimum Gasteiger partial charge on any atom is -0.474 e. The Morgan fingerprint density at radius 3 is 2.74 bits per heavy atom. The highest BCUT2D eigenvalue weighted by molar-refractivity contribution is 6.04. The number of alkyl halides is 3. The number of carbonyl (C=O) groups is 2. The van der Waals surface area contributed by atoms with Crippen molar-refractivity contribution in [1.82, 2.24) is 20.3 Å². The van der Waals surface area contributed by atoms with Crippen LogP contribution < -0.4 is 25.2 Å². The van der Waals surface area contributed by atoms with Gasteiger partial charge in [0.2, 0.25) is 5.88 Å². The first-order valence-corrected chi connectivity index (χ1v) is 10.6. The van der Waals surface area contributed by atoms with Gasteiger partial charge in [0, 0.05) is 13.1 Å². The molecule has 0 spiro atoms. The van der Waals surface area contributed by atoms with Gasteiger partial charge in [0.1, 0.15) is 24.9 Å². The molecule has 4 rings (SSSR count). The van der Waals surface area contributed by atoms with E-state index in [0.29, 0.717) is 25.2 Å². The molecule has 2 aliphatic rings. The van der Waals surface area contributed by atoms with Crippen LogP contribution in [0, 0.1) is 0 Å². The van der Waals surface area contributed by atoms with E-state index in [1.54, 1.807) is 11.4 Å². The number of aliphatic hydroxyl groups is 2. The van der Waals surface area contributed by atoms with Gasteiger partial charge >= 0.3 is 12.2 Å². The van der Waals surface area contributed by atoms with Crippen LogP contribution in [-0.2, 0) is 0 Å². The summed E-state index contributed by atoms with van der Waals surface area (Å²) < 4.78 is 42.6. The summed E-state index contributed by atoms with van der Waals surface area (Å²) in [7, 11) is 0. The second kappa shape index (κ2) is 9.87. The fourth-order valence-corrected chi connectivity index (χ4v) is 3.73. The Morgan fingerprint density at radius 1 is 1.26 bits per heavy atom. The monoisotopic (exact) mass is 497 g/mol. The lowest BCUT2D eigenvalue weighted by atomic mass is 10.1. The summed E-state index contributed by atoms with van der Waals surface area (Å²) in [6, 6.07) is 2.01. The van der Waals surface area contributed by atoms with E-state index in [-0.39, 0.29) is 35.9 Å². The number of aromatic nitrogens is 3. The molecule has 2 aromatic heterocycles. The Kier molecular flexibility index (Phi) is 6.88. The number of ether oxygens (including phenoxy) is 1. The van der Waals surface area contributed by atoms with Gasteiger partial charge in [-0.05, 0) is 18.6 Å².